The Bertz CT molecular complexity index is 1030. The minimum absolute atomic E-state index is 0.0423. The molecule has 4 rings (SSSR count). The van der Waals surface area contributed by atoms with Crippen LogP contribution in [-0.4, -0.2) is 46.3 Å². The molecule has 2 aromatic carbocycles. The fourth-order valence-corrected chi connectivity index (χ4v) is 3.52. The molecule has 0 aliphatic carbocycles. The number of phenols is 1. The van der Waals surface area contributed by atoms with Gasteiger partial charge in [-0.15, -0.1) is 0 Å². The number of aromatic nitrogens is 2. The standard InChI is InChI=1S/C21H20FN3O4/c1-28-18-5-3-2-4-16(18)20-23-19(24-29-20)13-8-10-25(11-9-13)21(27)15-7-6-14(26)12-17(15)22/h2-7,12-13,26H,8-11H2,1H3. The summed E-state index contributed by atoms with van der Waals surface area (Å²) in [5.74, 6) is 0.368. The van der Waals surface area contributed by atoms with Gasteiger partial charge in [0.15, 0.2) is 5.82 Å². The Kier molecular flexibility index (Phi) is 5.16. The molecule has 3 aromatic rings. The van der Waals surface area contributed by atoms with Gasteiger partial charge in [-0.1, -0.05) is 17.3 Å². The highest BCUT2D eigenvalue weighted by Crippen LogP contribution is 2.32. The van der Waals surface area contributed by atoms with E-state index in [9.17, 15) is 14.3 Å². The van der Waals surface area contributed by atoms with Gasteiger partial charge in [0.2, 0.25) is 0 Å². The molecule has 0 atom stereocenters. The molecule has 1 aliphatic heterocycles. The quantitative estimate of drug-likeness (QED) is 0.724. The number of benzene rings is 2. The van der Waals surface area contributed by atoms with E-state index in [1.54, 1.807) is 12.0 Å². The van der Waals surface area contributed by atoms with Crippen LogP contribution >= 0.6 is 0 Å². The van der Waals surface area contributed by atoms with Gasteiger partial charge in [0.1, 0.15) is 17.3 Å². The second-order valence-electron chi connectivity index (χ2n) is 6.89. The van der Waals surface area contributed by atoms with Crippen LogP contribution in [0, 0.1) is 5.82 Å². The molecule has 1 N–H and O–H groups in total. The highest BCUT2D eigenvalue weighted by atomic mass is 19.1. The molecule has 1 fully saturated rings. The van der Waals surface area contributed by atoms with E-state index in [2.05, 4.69) is 10.1 Å². The molecule has 0 spiro atoms. The molecular weight excluding hydrogens is 377 g/mol. The van der Waals surface area contributed by atoms with Crippen molar-refractivity contribution in [1.29, 1.82) is 0 Å². The van der Waals surface area contributed by atoms with Crippen molar-refractivity contribution in [3.63, 3.8) is 0 Å². The SMILES string of the molecule is COc1ccccc1-c1nc(C2CCN(C(=O)c3ccc(O)cc3F)CC2)no1. The monoisotopic (exact) mass is 397 g/mol. The number of halogens is 1. The second-order valence-corrected chi connectivity index (χ2v) is 6.89. The fraction of sp³-hybridized carbons (Fsp3) is 0.286. The largest absolute Gasteiger partial charge is 0.508 e. The highest BCUT2D eigenvalue weighted by Gasteiger charge is 2.29. The second kappa shape index (κ2) is 7.90. The summed E-state index contributed by atoms with van der Waals surface area (Å²) in [7, 11) is 1.58. The number of phenolic OH excluding ortho intramolecular Hbond substituents is 1. The molecule has 7 nitrogen and oxygen atoms in total. The maximum absolute atomic E-state index is 14.0. The molecule has 0 saturated carbocycles. The van der Waals surface area contributed by atoms with E-state index in [1.807, 2.05) is 24.3 Å². The lowest BCUT2D eigenvalue weighted by molar-refractivity contribution is 0.0706. The third-order valence-electron chi connectivity index (χ3n) is 5.11. The molecule has 29 heavy (non-hydrogen) atoms. The number of para-hydroxylation sites is 1. The molecule has 1 aromatic heterocycles. The van der Waals surface area contributed by atoms with E-state index in [4.69, 9.17) is 9.26 Å². The van der Waals surface area contributed by atoms with Crippen molar-refractivity contribution in [2.24, 2.45) is 0 Å². The summed E-state index contributed by atoms with van der Waals surface area (Å²) in [6, 6.07) is 11.0. The van der Waals surface area contributed by atoms with Crippen molar-refractivity contribution >= 4 is 5.91 Å². The summed E-state index contributed by atoms with van der Waals surface area (Å²) < 4.78 is 24.7. The summed E-state index contributed by atoms with van der Waals surface area (Å²) in [4.78, 5) is 18.7. The summed E-state index contributed by atoms with van der Waals surface area (Å²) >= 11 is 0. The van der Waals surface area contributed by atoms with E-state index in [1.165, 1.54) is 12.1 Å². The van der Waals surface area contributed by atoms with Gasteiger partial charge < -0.3 is 19.3 Å². The smallest absolute Gasteiger partial charge is 0.261 e. The number of amides is 1. The molecule has 1 amide bonds. The Balaban J connectivity index is 1.44. The van der Waals surface area contributed by atoms with Crippen LogP contribution in [-0.2, 0) is 0 Å². The molecule has 0 unspecified atom stereocenters. The Morgan fingerprint density at radius 1 is 1.24 bits per heavy atom. The van der Waals surface area contributed by atoms with Crippen LogP contribution in [0.4, 0.5) is 4.39 Å². The summed E-state index contributed by atoms with van der Waals surface area (Å²) in [6.45, 7) is 0.921. The normalized spacial score (nSPS) is 14.8. The van der Waals surface area contributed by atoms with E-state index >= 15 is 0 Å². The number of piperidine rings is 1. The Hall–Kier alpha value is -3.42. The van der Waals surface area contributed by atoms with E-state index < -0.39 is 5.82 Å². The predicted molar refractivity (Wildman–Crippen MR) is 102 cm³/mol. The molecule has 2 heterocycles. The number of methoxy groups -OCH3 is 1. The lowest BCUT2D eigenvalue weighted by Crippen LogP contribution is -2.38. The molecule has 8 heteroatoms. The zero-order valence-corrected chi connectivity index (χ0v) is 15.8. The van der Waals surface area contributed by atoms with Crippen molar-refractivity contribution in [1.82, 2.24) is 15.0 Å². The van der Waals surface area contributed by atoms with Crippen molar-refractivity contribution < 1.29 is 23.6 Å². The molecule has 1 saturated heterocycles. The fourth-order valence-electron chi connectivity index (χ4n) is 3.52. The first kappa shape index (κ1) is 18.9. The van der Waals surface area contributed by atoms with Crippen molar-refractivity contribution in [3.05, 3.63) is 59.7 Å². The van der Waals surface area contributed by atoms with Gasteiger partial charge in [-0.2, -0.15) is 4.98 Å². The summed E-state index contributed by atoms with van der Waals surface area (Å²) in [6.07, 6.45) is 1.30. The zero-order chi connectivity index (χ0) is 20.4. The lowest BCUT2D eigenvalue weighted by atomic mass is 9.95. The topological polar surface area (TPSA) is 88.7 Å². The minimum Gasteiger partial charge on any atom is -0.508 e. The van der Waals surface area contributed by atoms with Crippen LogP contribution in [0.25, 0.3) is 11.5 Å². The Morgan fingerprint density at radius 2 is 2.00 bits per heavy atom. The molecule has 150 valence electrons. The first-order valence-electron chi connectivity index (χ1n) is 9.31. The number of carbonyl (C=O) groups excluding carboxylic acids is 1. The average Bonchev–Trinajstić information content (AvgIpc) is 3.23. The van der Waals surface area contributed by atoms with Gasteiger partial charge in [-0.25, -0.2) is 4.39 Å². The van der Waals surface area contributed by atoms with Crippen LogP contribution in [0.1, 0.15) is 34.9 Å². The third kappa shape index (κ3) is 3.78. The van der Waals surface area contributed by atoms with E-state index in [-0.39, 0.29) is 23.1 Å². The van der Waals surface area contributed by atoms with Gasteiger partial charge in [-0.3, -0.25) is 4.79 Å². The number of likely N-dealkylation sites (tertiary alicyclic amines) is 1. The number of rotatable bonds is 4. The summed E-state index contributed by atoms with van der Waals surface area (Å²) in [5.41, 5.74) is 0.684. The number of aromatic hydroxyl groups is 1. The van der Waals surface area contributed by atoms with Gasteiger partial charge in [0, 0.05) is 25.1 Å². The first-order valence-corrected chi connectivity index (χ1v) is 9.31. The maximum atomic E-state index is 14.0. The van der Waals surface area contributed by atoms with E-state index in [0.717, 1.165) is 11.6 Å². The zero-order valence-electron chi connectivity index (χ0n) is 15.8. The summed E-state index contributed by atoms with van der Waals surface area (Å²) in [5, 5.41) is 13.4. The number of hydrogen-bond acceptors (Lipinski definition) is 6. The van der Waals surface area contributed by atoms with Crippen LogP contribution in [0.5, 0.6) is 11.5 Å². The number of ether oxygens (including phenoxy) is 1. The minimum atomic E-state index is -0.725. The first-order chi connectivity index (χ1) is 14.1. The van der Waals surface area contributed by atoms with Crippen molar-refractivity contribution in [2.45, 2.75) is 18.8 Å². The van der Waals surface area contributed by atoms with Gasteiger partial charge in [0.05, 0.1) is 18.2 Å². The van der Waals surface area contributed by atoms with E-state index in [0.29, 0.717) is 43.4 Å². The van der Waals surface area contributed by atoms with Gasteiger partial charge in [-0.05, 0) is 37.1 Å². The Labute approximate surface area is 166 Å². The van der Waals surface area contributed by atoms with Crippen LogP contribution in [0.2, 0.25) is 0 Å². The number of nitrogens with zero attached hydrogens (tertiary/aromatic N) is 3. The van der Waals surface area contributed by atoms with Gasteiger partial charge in [0.25, 0.3) is 11.8 Å². The average molecular weight is 397 g/mol. The number of carbonyl (C=O) groups is 1. The Morgan fingerprint density at radius 3 is 2.72 bits per heavy atom. The molecule has 0 bridgehead atoms. The predicted octanol–water partition coefficient (Wildman–Crippen LogP) is 3.61. The third-order valence-corrected chi connectivity index (χ3v) is 5.11. The van der Waals surface area contributed by atoms with Crippen LogP contribution < -0.4 is 4.74 Å². The molecule has 1 aliphatic rings. The van der Waals surface area contributed by atoms with Crippen molar-refractivity contribution in [3.8, 4) is 23.0 Å². The molecular formula is C21H20FN3O4. The lowest BCUT2D eigenvalue weighted by Gasteiger charge is -2.30. The maximum Gasteiger partial charge on any atom is 0.261 e. The molecule has 0 radical (unpaired) electrons. The van der Waals surface area contributed by atoms with Crippen molar-refractivity contribution in [2.75, 3.05) is 20.2 Å². The number of hydrogen-bond donors (Lipinski definition) is 1. The van der Waals surface area contributed by atoms with Crippen LogP contribution in [0.3, 0.4) is 0 Å². The van der Waals surface area contributed by atoms with Gasteiger partial charge >= 0.3 is 0 Å². The van der Waals surface area contributed by atoms with Crippen LogP contribution in [0.15, 0.2) is 47.0 Å². The highest BCUT2D eigenvalue weighted by molar-refractivity contribution is 5.94.